The standard InChI is InChI=1S/C16H13Br3N2O2S2/c1-8-2-3-9-10(7-20)16(24-14(9)4-8)21-25(22,23)15-6-12(18)11(17)5-13(15)19/h5-6,8,21H,2-4H2,1H3. The van der Waals surface area contributed by atoms with Crippen LogP contribution in [0.15, 0.2) is 30.4 Å². The summed E-state index contributed by atoms with van der Waals surface area (Å²) in [4.78, 5) is 1.23. The Kier molecular flexibility index (Phi) is 5.66. The normalized spacial score (nSPS) is 17.0. The largest absolute Gasteiger partial charge is 0.269 e. The van der Waals surface area contributed by atoms with Crippen molar-refractivity contribution in [1.29, 1.82) is 5.26 Å². The maximum absolute atomic E-state index is 12.9. The van der Waals surface area contributed by atoms with Gasteiger partial charge in [-0.15, -0.1) is 11.3 Å². The van der Waals surface area contributed by atoms with Crippen molar-refractivity contribution in [3.05, 3.63) is 41.6 Å². The fraction of sp³-hybridized carbons (Fsp3) is 0.312. The Morgan fingerprint density at radius 2 is 1.92 bits per heavy atom. The maximum Gasteiger partial charge on any atom is 0.263 e. The molecule has 0 radical (unpaired) electrons. The smallest absolute Gasteiger partial charge is 0.263 e. The Hall–Kier alpha value is -0.400. The lowest BCUT2D eigenvalue weighted by molar-refractivity contribution is 0.507. The second-order valence-corrected chi connectivity index (χ2v) is 11.3. The van der Waals surface area contributed by atoms with Gasteiger partial charge in [-0.1, -0.05) is 6.92 Å². The van der Waals surface area contributed by atoms with E-state index in [0.29, 0.717) is 25.4 Å². The third-order valence-corrected chi connectivity index (χ3v) is 9.57. The summed E-state index contributed by atoms with van der Waals surface area (Å²) in [5, 5.41) is 9.94. The van der Waals surface area contributed by atoms with Crippen LogP contribution in [0, 0.1) is 17.2 Å². The second-order valence-electron chi connectivity index (χ2n) is 5.97. The van der Waals surface area contributed by atoms with Crippen LogP contribution in [0.5, 0.6) is 0 Å². The molecular formula is C16H13Br3N2O2S2. The first-order valence-electron chi connectivity index (χ1n) is 7.45. The molecule has 1 atom stereocenters. The number of halogens is 3. The number of sulfonamides is 1. The molecule has 4 nitrogen and oxygen atoms in total. The van der Waals surface area contributed by atoms with Crippen LogP contribution in [0.1, 0.15) is 29.3 Å². The summed E-state index contributed by atoms with van der Waals surface area (Å²) in [6.45, 7) is 2.18. The first-order chi connectivity index (χ1) is 11.7. The van der Waals surface area contributed by atoms with E-state index < -0.39 is 10.0 Å². The number of nitriles is 1. The molecule has 2 aromatic rings. The molecule has 1 aliphatic rings. The van der Waals surface area contributed by atoms with Crippen molar-refractivity contribution < 1.29 is 8.42 Å². The lowest BCUT2D eigenvalue weighted by atomic mass is 9.89. The van der Waals surface area contributed by atoms with Gasteiger partial charge in [0.25, 0.3) is 10.0 Å². The Balaban J connectivity index is 2.03. The maximum atomic E-state index is 12.9. The lowest BCUT2D eigenvalue weighted by Crippen LogP contribution is -2.14. The molecule has 0 fully saturated rings. The first kappa shape index (κ1) is 19.4. The van der Waals surface area contributed by atoms with Gasteiger partial charge in [0.1, 0.15) is 16.0 Å². The zero-order valence-electron chi connectivity index (χ0n) is 13.1. The summed E-state index contributed by atoms with van der Waals surface area (Å²) >= 11 is 11.4. The van der Waals surface area contributed by atoms with Crippen molar-refractivity contribution >= 4 is 74.2 Å². The van der Waals surface area contributed by atoms with Crippen LogP contribution in [0.3, 0.4) is 0 Å². The molecule has 0 amide bonds. The molecule has 132 valence electrons. The third-order valence-electron chi connectivity index (χ3n) is 4.11. The van der Waals surface area contributed by atoms with Gasteiger partial charge in [-0.05, 0) is 90.7 Å². The highest BCUT2D eigenvalue weighted by Gasteiger charge is 2.27. The lowest BCUT2D eigenvalue weighted by Gasteiger charge is -2.17. The first-order valence-corrected chi connectivity index (χ1v) is 12.1. The van der Waals surface area contributed by atoms with Crippen molar-refractivity contribution in [1.82, 2.24) is 0 Å². The van der Waals surface area contributed by atoms with E-state index in [-0.39, 0.29) is 4.90 Å². The van der Waals surface area contributed by atoms with Crippen LogP contribution in [0.25, 0.3) is 0 Å². The molecule has 1 aromatic heterocycles. The highest BCUT2D eigenvalue weighted by molar-refractivity contribution is 9.13. The van der Waals surface area contributed by atoms with Crippen LogP contribution in [0.4, 0.5) is 5.00 Å². The quantitative estimate of drug-likeness (QED) is 0.473. The number of benzene rings is 1. The average Bonchev–Trinajstić information content (AvgIpc) is 2.85. The van der Waals surface area contributed by atoms with E-state index >= 15 is 0 Å². The number of hydrogen-bond donors (Lipinski definition) is 1. The van der Waals surface area contributed by atoms with E-state index in [1.165, 1.54) is 17.4 Å². The topological polar surface area (TPSA) is 70.0 Å². The van der Waals surface area contributed by atoms with Crippen molar-refractivity contribution in [3.63, 3.8) is 0 Å². The van der Waals surface area contributed by atoms with Gasteiger partial charge < -0.3 is 0 Å². The molecule has 1 aliphatic carbocycles. The molecule has 9 heteroatoms. The van der Waals surface area contributed by atoms with Gasteiger partial charge in [-0.2, -0.15) is 5.26 Å². The Labute approximate surface area is 176 Å². The second kappa shape index (κ2) is 7.31. The summed E-state index contributed by atoms with van der Waals surface area (Å²) in [6.07, 6.45) is 2.74. The minimum atomic E-state index is -3.82. The summed E-state index contributed by atoms with van der Waals surface area (Å²) in [7, 11) is -3.82. The number of hydrogen-bond acceptors (Lipinski definition) is 4. The zero-order valence-corrected chi connectivity index (χ0v) is 19.5. The molecule has 25 heavy (non-hydrogen) atoms. The van der Waals surface area contributed by atoms with E-state index in [0.717, 1.165) is 34.2 Å². The van der Waals surface area contributed by atoms with Crippen molar-refractivity contribution in [2.75, 3.05) is 4.72 Å². The van der Waals surface area contributed by atoms with Crippen LogP contribution >= 0.6 is 59.1 Å². The highest BCUT2D eigenvalue weighted by atomic mass is 79.9. The number of thiophene rings is 1. The van der Waals surface area contributed by atoms with Gasteiger partial charge in [0.2, 0.25) is 0 Å². The zero-order chi connectivity index (χ0) is 18.4. The minimum absolute atomic E-state index is 0.117. The molecule has 0 aliphatic heterocycles. The van der Waals surface area contributed by atoms with Gasteiger partial charge in [-0.25, -0.2) is 8.42 Å². The fourth-order valence-corrected chi connectivity index (χ4v) is 7.71. The van der Waals surface area contributed by atoms with E-state index in [1.807, 2.05) is 0 Å². The molecular weight excluding hydrogens is 556 g/mol. The van der Waals surface area contributed by atoms with E-state index in [9.17, 15) is 13.7 Å². The van der Waals surface area contributed by atoms with E-state index in [1.54, 1.807) is 6.07 Å². The Morgan fingerprint density at radius 1 is 1.24 bits per heavy atom. The summed E-state index contributed by atoms with van der Waals surface area (Å²) in [5.41, 5.74) is 1.46. The van der Waals surface area contributed by atoms with Crippen molar-refractivity contribution in [2.45, 2.75) is 31.1 Å². The number of rotatable bonds is 3. The summed E-state index contributed by atoms with van der Waals surface area (Å²) in [6, 6.07) is 5.38. The van der Waals surface area contributed by atoms with Crippen LogP contribution < -0.4 is 4.72 Å². The van der Waals surface area contributed by atoms with Crippen molar-refractivity contribution in [2.24, 2.45) is 5.92 Å². The van der Waals surface area contributed by atoms with E-state index in [4.69, 9.17) is 0 Å². The fourth-order valence-electron chi connectivity index (χ4n) is 2.83. The Morgan fingerprint density at radius 3 is 2.60 bits per heavy atom. The third kappa shape index (κ3) is 3.83. The average molecular weight is 569 g/mol. The molecule has 1 unspecified atom stereocenters. The van der Waals surface area contributed by atoms with Gasteiger partial charge in [0.05, 0.1) is 5.56 Å². The summed E-state index contributed by atoms with van der Waals surface area (Å²) in [5.74, 6) is 0.554. The van der Waals surface area contributed by atoms with Crippen LogP contribution in [-0.2, 0) is 22.9 Å². The van der Waals surface area contributed by atoms with Gasteiger partial charge >= 0.3 is 0 Å². The molecule has 1 heterocycles. The van der Waals surface area contributed by atoms with Crippen LogP contribution in [0.2, 0.25) is 0 Å². The SMILES string of the molecule is CC1CCc2c(sc(NS(=O)(=O)c3cc(Br)c(Br)cc3Br)c2C#N)C1. The predicted octanol–water partition coefficient (Wildman–Crippen LogP) is 5.83. The molecule has 3 rings (SSSR count). The van der Waals surface area contributed by atoms with Crippen molar-refractivity contribution in [3.8, 4) is 6.07 Å². The van der Waals surface area contributed by atoms with E-state index in [2.05, 4.69) is 65.5 Å². The predicted molar refractivity (Wildman–Crippen MR) is 111 cm³/mol. The number of anilines is 1. The molecule has 0 saturated heterocycles. The molecule has 0 bridgehead atoms. The minimum Gasteiger partial charge on any atom is -0.269 e. The van der Waals surface area contributed by atoms with Crippen LogP contribution in [-0.4, -0.2) is 8.42 Å². The Bertz CT molecular complexity index is 994. The highest BCUT2D eigenvalue weighted by Crippen LogP contribution is 2.41. The monoisotopic (exact) mass is 566 g/mol. The van der Waals surface area contributed by atoms with Gasteiger partial charge in [0, 0.05) is 18.3 Å². The molecule has 0 spiro atoms. The molecule has 1 aromatic carbocycles. The number of fused-ring (bicyclic) bond motifs is 1. The van der Waals surface area contributed by atoms with Gasteiger partial charge in [-0.3, -0.25) is 4.72 Å². The number of nitrogens with zero attached hydrogens (tertiary/aromatic N) is 1. The molecule has 1 N–H and O–H groups in total. The summed E-state index contributed by atoms with van der Waals surface area (Å²) < 4.78 is 30.1. The molecule has 0 saturated carbocycles. The number of nitrogens with one attached hydrogen (secondary N) is 1. The van der Waals surface area contributed by atoms with Gasteiger partial charge in [0.15, 0.2) is 0 Å².